The molecule has 0 amide bonds. The molecule has 4 nitrogen and oxygen atoms in total. The van der Waals surface area contributed by atoms with E-state index < -0.39 is 0 Å². The molecular formula is C18H31IN4S. The summed E-state index contributed by atoms with van der Waals surface area (Å²) in [7, 11) is 2.20. The van der Waals surface area contributed by atoms with Crippen molar-refractivity contribution in [3.8, 4) is 0 Å². The van der Waals surface area contributed by atoms with Crippen LogP contribution in [0.25, 0.3) is 0 Å². The molecule has 1 aromatic rings. The number of hydrogen-bond acceptors (Lipinski definition) is 3. The van der Waals surface area contributed by atoms with Crippen molar-refractivity contribution in [3.63, 3.8) is 0 Å². The molecule has 1 aliphatic heterocycles. The summed E-state index contributed by atoms with van der Waals surface area (Å²) in [5, 5.41) is 7.32. The second kappa shape index (κ2) is 12.0. The largest absolute Gasteiger partial charge is 0.357 e. The topological polar surface area (TPSA) is 39.7 Å². The molecule has 1 saturated heterocycles. The highest BCUT2D eigenvalue weighted by molar-refractivity contribution is 14.0. The van der Waals surface area contributed by atoms with E-state index in [1.807, 2.05) is 11.8 Å². The second-order valence-electron chi connectivity index (χ2n) is 6.26. The van der Waals surface area contributed by atoms with Crippen molar-refractivity contribution in [2.24, 2.45) is 10.9 Å². The predicted octanol–water partition coefficient (Wildman–Crippen LogP) is 3.29. The van der Waals surface area contributed by atoms with Gasteiger partial charge in [-0.1, -0.05) is 25.1 Å². The normalized spacial score (nSPS) is 19.6. The SMILES string of the molecule is CCNC(=NCC(C)Sc1ccccc1)NCC1CCN(C)C1.I. The number of aliphatic imine (C=N–C) groups is 1. The lowest BCUT2D eigenvalue weighted by Gasteiger charge is -2.16. The van der Waals surface area contributed by atoms with Gasteiger partial charge in [0.1, 0.15) is 0 Å². The van der Waals surface area contributed by atoms with Gasteiger partial charge < -0.3 is 15.5 Å². The smallest absolute Gasteiger partial charge is 0.191 e. The Hall–Kier alpha value is -0.470. The van der Waals surface area contributed by atoms with Gasteiger partial charge in [-0.15, -0.1) is 35.7 Å². The fourth-order valence-corrected chi connectivity index (χ4v) is 3.69. The summed E-state index contributed by atoms with van der Waals surface area (Å²) in [4.78, 5) is 8.45. The van der Waals surface area contributed by atoms with Gasteiger partial charge in [0.05, 0.1) is 6.54 Å². The van der Waals surface area contributed by atoms with E-state index in [0.29, 0.717) is 5.25 Å². The Morgan fingerprint density at radius 2 is 2.08 bits per heavy atom. The van der Waals surface area contributed by atoms with Crippen LogP contribution in [0.4, 0.5) is 0 Å². The summed E-state index contributed by atoms with van der Waals surface area (Å²) in [5.74, 6) is 1.68. The van der Waals surface area contributed by atoms with Gasteiger partial charge in [-0.25, -0.2) is 0 Å². The van der Waals surface area contributed by atoms with E-state index in [1.165, 1.54) is 24.4 Å². The number of halogens is 1. The lowest BCUT2D eigenvalue weighted by molar-refractivity contribution is 0.394. The number of hydrogen-bond donors (Lipinski definition) is 2. The maximum Gasteiger partial charge on any atom is 0.191 e. The van der Waals surface area contributed by atoms with Gasteiger partial charge in [0.2, 0.25) is 0 Å². The molecule has 1 fully saturated rings. The third-order valence-corrected chi connectivity index (χ3v) is 5.07. The highest BCUT2D eigenvalue weighted by atomic mass is 127. The van der Waals surface area contributed by atoms with E-state index in [0.717, 1.165) is 31.5 Å². The van der Waals surface area contributed by atoms with Crippen LogP contribution in [0, 0.1) is 5.92 Å². The summed E-state index contributed by atoms with van der Waals surface area (Å²) in [6, 6.07) is 10.5. The van der Waals surface area contributed by atoms with Gasteiger partial charge in [-0.2, -0.15) is 0 Å². The number of likely N-dealkylation sites (tertiary alicyclic amines) is 1. The van der Waals surface area contributed by atoms with E-state index in [2.05, 4.69) is 66.8 Å². The van der Waals surface area contributed by atoms with Gasteiger partial charge in [0, 0.05) is 29.8 Å². The van der Waals surface area contributed by atoms with E-state index in [9.17, 15) is 0 Å². The van der Waals surface area contributed by atoms with Crippen LogP contribution in [0.1, 0.15) is 20.3 Å². The summed E-state index contributed by atoms with van der Waals surface area (Å²) < 4.78 is 0. The van der Waals surface area contributed by atoms with Crippen LogP contribution in [0.5, 0.6) is 0 Å². The molecule has 2 atom stereocenters. The first-order chi connectivity index (χ1) is 11.2. The first-order valence-corrected chi connectivity index (χ1v) is 9.47. The van der Waals surface area contributed by atoms with Crippen molar-refractivity contribution in [3.05, 3.63) is 30.3 Å². The van der Waals surface area contributed by atoms with Crippen LogP contribution in [-0.2, 0) is 0 Å². The zero-order valence-electron chi connectivity index (χ0n) is 15.0. The van der Waals surface area contributed by atoms with Crippen LogP contribution in [0.3, 0.4) is 0 Å². The Bertz CT molecular complexity index is 483. The molecule has 0 radical (unpaired) electrons. The molecule has 1 aliphatic rings. The van der Waals surface area contributed by atoms with Gasteiger partial charge >= 0.3 is 0 Å². The molecule has 2 unspecified atom stereocenters. The zero-order chi connectivity index (χ0) is 16.5. The number of guanidine groups is 1. The Labute approximate surface area is 168 Å². The Morgan fingerprint density at radius 3 is 2.71 bits per heavy atom. The van der Waals surface area contributed by atoms with Gasteiger partial charge in [-0.05, 0) is 45.0 Å². The summed E-state index contributed by atoms with van der Waals surface area (Å²) in [6.07, 6.45) is 1.28. The minimum absolute atomic E-state index is 0. The number of thioether (sulfide) groups is 1. The molecule has 6 heteroatoms. The number of benzene rings is 1. The molecule has 0 bridgehead atoms. The number of nitrogens with zero attached hydrogens (tertiary/aromatic N) is 2. The van der Waals surface area contributed by atoms with Crippen LogP contribution >= 0.6 is 35.7 Å². The molecule has 0 saturated carbocycles. The molecule has 136 valence electrons. The van der Waals surface area contributed by atoms with Crippen molar-refractivity contribution in [2.75, 3.05) is 39.8 Å². The summed E-state index contributed by atoms with van der Waals surface area (Å²) in [5.41, 5.74) is 0. The van der Waals surface area contributed by atoms with E-state index in [4.69, 9.17) is 4.99 Å². The molecule has 0 aromatic heterocycles. The van der Waals surface area contributed by atoms with Gasteiger partial charge in [0.15, 0.2) is 5.96 Å². The quantitative estimate of drug-likeness (QED) is 0.283. The minimum Gasteiger partial charge on any atom is -0.357 e. The van der Waals surface area contributed by atoms with Crippen LogP contribution in [-0.4, -0.2) is 55.9 Å². The standard InChI is InChI=1S/C18H30N4S.HI/c1-4-19-18(21-13-16-10-11-22(3)14-16)20-12-15(2)23-17-8-6-5-7-9-17;/h5-9,15-16H,4,10-14H2,1-3H3,(H2,19,20,21);1H. The van der Waals surface area contributed by atoms with E-state index in [-0.39, 0.29) is 24.0 Å². The van der Waals surface area contributed by atoms with Crippen molar-refractivity contribution >= 4 is 41.7 Å². The molecule has 0 aliphatic carbocycles. The van der Waals surface area contributed by atoms with Crippen molar-refractivity contribution in [1.82, 2.24) is 15.5 Å². The van der Waals surface area contributed by atoms with Crippen molar-refractivity contribution in [2.45, 2.75) is 30.4 Å². The molecule has 1 aromatic carbocycles. The zero-order valence-corrected chi connectivity index (χ0v) is 18.1. The first-order valence-electron chi connectivity index (χ1n) is 8.59. The monoisotopic (exact) mass is 462 g/mol. The lowest BCUT2D eigenvalue weighted by Crippen LogP contribution is -2.40. The first kappa shape index (κ1) is 21.6. The Kier molecular flexibility index (Phi) is 10.8. The van der Waals surface area contributed by atoms with E-state index >= 15 is 0 Å². The second-order valence-corrected chi connectivity index (χ2v) is 7.77. The maximum atomic E-state index is 4.75. The van der Waals surface area contributed by atoms with Crippen LogP contribution in [0.2, 0.25) is 0 Å². The van der Waals surface area contributed by atoms with Crippen LogP contribution in [0.15, 0.2) is 40.2 Å². The Morgan fingerprint density at radius 1 is 1.33 bits per heavy atom. The van der Waals surface area contributed by atoms with Gasteiger partial charge in [-0.3, -0.25) is 4.99 Å². The molecule has 0 spiro atoms. The average molecular weight is 462 g/mol. The fourth-order valence-electron chi connectivity index (χ4n) is 2.76. The molecule has 2 rings (SSSR count). The van der Waals surface area contributed by atoms with Crippen molar-refractivity contribution < 1.29 is 0 Å². The molecule has 2 N–H and O–H groups in total. The van der Waals surface area contributed by atoms with Gasteiger partial charge in [0.25, 0.3) is 0 Å². The maximum absolute atomic E-state index is 4.75. The highest BCUT2D eigenvalue weighted by Crippen LogP contribution is 2.22. The fraction of sp³-hybridized carbons (Fsp3) is 0.611. The lowest BCUT2D eigenvalue weighted by atomic mass is 10.1. The minimum atomic E-state index is 0. The third kappa shape index (κ3) is 8.07. The Balaban J connectivity index is 0.00000288. The highest BCUT2D eigenvalue weighted by Gasteiger charge is 2.19. The van der Waals surface area contributed by atoms with Crippen molar-refractivity contribution in [1.29, 1.82) is 0 Å². The number of nitrogens with one attached hydrogen (secondary N) is 2. The average Bonchev–Trinajstić information content (AvgIpc) is 2.96. The van der Waals surface area contributed by atoms with Crippen LogP contribution < -0.4 is 10.6 Å². The van der Waals surface area contributed by atoms with E-state index in [1.54, 1.807) is 0 Å². The molecular weight excluding hydrogens is 431 g/mol. The summed E-state index contributed by atoms with van der Waals surface area (Å²) >= 11 is 1.88. The predicted molar refractivity (Wildman–Crippen MR) is 117 cm³/mol. The molecule has 24 heavy (non-hydrogen) atoms. The summed E-state index contributed by atoms with van der Waals surface area (Å²) in [6.45, 7) is 9.48. The third-order valence-electron chi connectivity index (χ3n) is 3.98. The molecule has 1 heterocycles. The number of rotatable bonds is 7.